The summed E-state index contributed by atoms with van der Waals surface area (Å²) in [6.45, 7) is 18.2. The molecule has 3 saturated carbocycles. The maximum Gasteiger partial charge on any atom is 0.297 e. The van der Waals surface area contributed by atoms with Gasteiger partial charge in [0.25, 0.3) is 10.1 Å². The van der Waals surface area contributed by atoms with Crippen LogP contribution in [0.4, 0.5) is 0 Å². The number of benzene rings is 1. The zero-order valence-electron chi connectivity index (χ0n) is 25.1. The number of rotatable bonds is 8. The highest BCUT2D eigenvalue weighted by Gasteiger charge is 2.50. The quantitative estimate of drug-likeness (QED) is 0.239. The first-order valence-corrected chi connectivity index (χ1v) is 16.6. The number of hydrogen-bond donors (Lipinski definition) is 0. The fourth-order valence-corrected chi connectivity index (χ4v) is 8.36. The summed E-state index contributed by atoms with van der Waals surface area (Å²) in [5.41, 5.74) is 5.21. The van der Waals surface area contributed by atoms with Gasteiger partial charge in [0, 0.05) is 6.42 Å². The molecule has 4 heteroatoms. The normalized spacial score (nSPS) is 31.8. The summed E-state index contributed by atoms with van der Waals surface area (Å²) in [7, 11) is -3.78. The van der Waals surface area contributed by atoms with Crippen LogP contribution in [0.15, 0.2) is 76.8 Å². The third kappa shape index (κ3) is 6.88. The lowest BCUT2D eigenvalue weighted by Gasteiger charge is -2.44. The van der Waals surface area contributed by atoms with Crippen LogP contribution in [0.5, 0.6) is 0 Å². The van der Waals surface area contributed by atoms with Gasteiger partial charge < -0.3 is 0 Å². The van der Waals surface area contributed by atoms with Gasteiger partial charge in [-0.25, -0.2) is 0 Å². The summed E-state index contributed by atoms with van der Waals surface area (Å²) in [4.78, 5) is 0.227. The molecular formula is C35H50O3S. The highest BCUT2D eigenvalue weighted by molar-refractivity contribution is 7.86. The van der Waals surface area contributed by atoms with Crippen LogP contribution in [0, 0.1) is 41.9 Å². The highest BCUT2D eigenvalue weighted by atomic mass is 32.2. The van der Waals surface area contributed by atoms with E-state index in [-0.39, 0.29) is 11.0 Å². The molecular weight excluding hydrogens is 500 g/mol. The Morgan fingerprint density at radius 2 is 1.72 bits per heavy atom. The molecule has 0 aliphatic heterocycles. The van der Waals surface area contributed by atoms with Crippen LogP contribution in [0.3, 0.4) is 0 Å². The molecule has 3 nitrogen and oxygen atoms in total. The van der Waals surface area contributed by atoms with E-state index in [0.29, 0.717) is 41.9 Å². The van der Waals surface area contributed by atoms with E-state index in [1.54, 1.807) is 17.7 Å². The Bertz CT molecular complexity index is 1220. The van der Waals surface area contributed by atoms with E-state index in [9.17, 15) is 8.42 Å². The van der Waals surface area contributed by atoms with Crippen LogP contribution in [-0.4, -0.2) is 14.5 Å². The first kappa shape index (κ1) is 30.1. The number of aryl methyl sites for hydroxylation is 1. The predicted molar refractivity (Wildman–Crippen MR) is 163 cm³/mol. The zero-order chi connectivity index (χ0) is 28.4. The Morgan fingerprint density at radius 1 is 1.00 bits per heavy atom. The van der Waals surface area contributed by atoms with Crippen LogP contribution in [0.25, 0.3) is 0 Å². The molecule has 1 aromatic carbocycles. The van der Waals surface area contributed by atoms with Gasteiger partial charge in [0.05, 0.1) is 11.0 Å². The molecule has 0 N–H and O–H groups in total. The standard InChI is InChI=1S/C35H50O3S/c1-24(2)26(4)12-13-28(6)33-20-21-34-29(9-8-22-35(33,34)7)15-16-30-23-31(17-14-27(30)5)38-39(36,37)32-18-10-25(3)11-19-32/h10-13,15-16,18-19,24,26,28,31,33-34H,5,8-9,14,17,20-23H2,1-4,6-7H3/t26-,28+,31-,33+,34?,35+/m0/s1. The lowest BCUT2D eigenvalue weighted by atomic mass is 9.61. The molecule has 0 radical (unpaired) electrons. The second-order valence-corrected chi connectivity index (χ2v) is 14.8. The second-order valence-electron chi connectivity index (χ2n) is 13.2. The third-order valence-corrected chi connectivity index (χ3v) is 11.6. The van der Waals surface area contributed by atoms with E-state index in [0.717, 1.165) is 29.0 Å². The minimum atomic E-state index is -3.78. The highest BCUT2D eigenvalue weighted by Crippen LogP contribution is 2.59. The molecule has 3 aliphatic carbocycles. The maximum absolute atomic E-state index is 12.9. The Kier molecular flexibility index (Phi) is 9.49. The Hall–Kier alpha value is -1.91. The number of fused-ring (bicyclic) bond motifs is 1. The molecule has 3 aliphatic rings. The summed E-state index contributed by atoms with van der Waals surface area (Å²) in [6.07, 6.45) is 17.5. The summed E-state index contributed by atoms with van der Waals surface area (Å²) in [5.74, 6) is 3.26. The minimum absolute atomic E-state index is 0.227. The molecule has 1 aromatic rings. The van der Waals surface area contributed by atoms with E-state index in [4.69, 9.17) is 4.18 Å². The van der Waals surface area contributed by atoms with Crippen molar-refractivity contribution in [2.75, 3.05) is 0 Å². The molecule has 6 atom stereocenters. The van der Waals surface area contributed by atoms with Gasteiger partial charge in [-0.2, -0.15) is 8.42 Å². The monoisotopic (exact) mass is 550 g/mol. The molecule has 0 aromatic heterocycles. The molecule has 1 unspecified atom stereocenters. The molecule has 0 bridgehead atoms. The van der Waals surface area contributed by atoms with Crippen LogP contribution >= 0.6 is 0 Å². The first-order valence-electron chi connectivity index (χ1n) is 15.2. The molecule has 39 heavy (non-hydrogen) atoms. The molecule has 214 valence electrons. The fraction of sp³-hybridized carbons (Fsp3) is 0.600. The van der Waals surface area contributed by atoms with Crippen LogP contribution < -0.4 is 0 Å². The van der Waals surface area contributed by atoms with Crippen molar-refractivity contribution in [1.82, 2.24) is 0 Å². The lowest BCUT2D eigenvalue weighted by molar-refractivity contribution is 0.112. The molecule has 0 spiro atoms. The van der Waals surface area contributed by atoms with Gasteiger partial charge in [0.1, 0.15) is 0 Å². The summed E-state index contributed by atoms with van der Waals surface area (Å²) in [5, 5.41) is 0. The third-order valence-electron chi connectivity index (χ3n) is 10.2. The van der Waals surface area contributed by atoms with Crippen LogP contribution in [0.1, 0.15) is 91.5 Å². The average molecular weight is 551 g/mol. The molecule has 4 rings (SSSR count). The SMILES string of the molecule is C=C1CC[C@H](OS(=O)(=O)c2ccc(C)cc2)CC1=CC=C1CCC[C@@]2(C)C1CC[C@@H]2[C@H](C)C=C[C@H](C)C(C)C. The van der Waals surface area contributed by atoms with Gasteiger partial charge in [0.15, 0.2) is 0 Å². The van der Waals surface area contributed by atoms with Gasteiger partial charge in [-0.05, 0) is 105 Å². The molecule has 3 fully saturated rings. The van der Waals surface area contributed by atoms with E-state index < -0.39 is 10.1 Å². The maximum atomic E-state index is 12.9. The predicted octanol–water partition coefficient (Wildman–Crippen LogP) is 9.36. The van der Waals surface area contributed by atoms with Gasteiger partial charge in [0.2, 0.25) is 0 Å². The van der Waals surface area contributed by atoms with E-state index in [2.05, 4.69) is 65.5 Å². The largest absolute Gasteiger partial charge is 0.297 e. The first-order chi connectivity index (χ1) is 18.4. The second kappa shape index (κ2) is 12.3. The summed E-state index contributed by atoms with van der Waals surface area (Å²) in [6, 6.07) is 6.88. The van der Waals surface area contributed by atoms with Gasteiger partial charge >= 0.3 is 0 Å². The molecule has 0 heterocycles. The van der Waals surface area contributed by atoms with Crippen molar-refractivity contribution in [3.8, 4) is 0 Å². The van der Waals surface area contributed by atoms with Crippen molar-refractivity contribution in [3.63, 3.8) is 0 Å². The van der Waals surface area contributed by atoms with Crippen LogP contribution in [-0.2, 0) is 14.3 Å². The van der Waals surface area contributed by atoms with Crippen molar-refractivity contribution < 1.29 is 12.6 Å². The van der Waals surface area contributed by atoms with Crippen LogP contribution in [0.2, 0.25) is 0 Å². The Balaban J connectivity index is 1.46. The van der Waals surface area contributed by atoms with E-state index in [1.807, 2.05) is 19.1 Å². The smallest absolute Gasteiger partial charge is 0.263 e. The number of allylic oxidation sites excluding steroid dienone is 6. The minimum Gasteiger partial charge on any atom is -0.263 e. The fourth-order valence-electron chi connectivity index (χ4n) is 7.25. The zero-order valence-corrected chi connectivity index (χ0v) is 25.9. The summed E-state index contributed by atoms with van der Waals surface area (Å²) >= 11 is 0. The van der Waals surface area contributed by atoms with Gasteiger partial charge in [-0.1, -0.05) is 94.3 Å². The Morgan fingerprint density at radius 3 is 2.41 bits per heavy atom. The molecule has 0 amide bonds. The van der Waals surface area contributed by atoms with E-state index >= 15 is 0 Å². The summed E-state index contributed by atoms with van der Waals surface area (Å²) < 4.78 is 31.5. The van der Waals surface area contributed by atoms with Crippen molar-refractivity contribution >= 4 is 10.1 Å². The van der Waals surface area contributed by atoms with Crippen molar-refractivity contribution in [3.05, 3.63) is 77.4 Å². The van der Waals surface area contributed by atoms with Gasteiger partial charge in [-0.3, -0.25) is 4.18 Å². The van der Waals surface area contributed by atoms with Gasteiger partial charge in [-0.15, -0.1) is 0 Å². The van der Waals surface area contributed by atoms with Crippen molar-refractivity contribution in [2.24, 2.45) is 35.0 Å². The molecule has 0 saturated heterocycles. The lowest BCUT2D eigenvalue weighted by Crippen LogP contribution is -2.35. The topological polar surface area (TPSA) is 43.4 Å². The van der Waals surface area contributed by atoms with E-state index in [1.165, 1.54) is 32.1 Å². The number of hydrogen-bond acceptors (Lipinski definition) is 3. The van der Waals surface area contributed by atoms with Crippen molar-refractivity contribution in [2.45, 2.75) is 104 Å². The average Bonchev–Trinajstić information content (AvgIpc) is 3.25. The Labute approximate surface area is 238 Å². The van der Waals surface area contributed by atoms with Crippen molar-refractivity contribution in [1.29, 1.82) is 0 Å².